The van der Waals surface area contributed by atoms with Crippen LogP contribution in [0, 0.1) is 5.92 Å². The summed E-state index contributed by atoms with van der Waals surface area (Å²) in [4.78, 5) is 33.9. The Morgan fingerprint density at radius 2 is 1.85 bits per heavy atom. The van der Waals surface area contributed by atoms with Gasteiger partial charge in [0.2, 0.25) is 11.8 Å². The number of hydrogen-bond donors (Lipinski definition) is 5. The van der Waals surface area contributed by atoms with E-state index in [2.05, 4.69) is 45.7 Å². The van der Waals surface area contributed by atoms with Gasteiger partial charge in [-0.05, 0) is 58.9 Å². The molecule has 4 aliphatic rings. The van der Waals surface area contributed by atoms with E-state index in [9.17, 15) is 14.0 Å². The van der Waals surface area contributed by atoms with Crippen molar-refractivity contribution >= 4 is 11.8 Å². The number of piperidine rings is 1. The Kier molecular flexibility index (Phi) is 11.4. The van der Waals surface area contributed by atoms with Gasteiger partial charge in [0.1, 0.15) is 12.2 Å². The monoisotopic (exact) mass is 564 g/mol. The number of nitrogens with zero attached hydrogens (tertiary/aromatic N) is 3. The molecule has 0 aromatic heterocycles. The molecule has 3 saturated heterocycles. The van der Waals surface area contributed by atoms with Gasteiger partial charge < -0.3 is 32.3 Å². The van der Waals surface area contributed by atoms with Gasteiger partial charge >= 0.3 is 0 Å². The van der Waals surface area contributed by atoms with E-state index in [1.807, 2.05) is 11.8 Å². The van der Waals surface area contributed by atoms with Crippen LogP contribution in [0.4, 0.5) is 4.39 Å². The molecule has 0 aromatic carbocycles. The third-order valence-electron chi connectivity index (χ3n) is 9.37. The second-order valence-electron chi connectivity index (χ2n) is 12.4. The number of carbonyl (C=O) groups excluding carboxylic acids is 2. The van der Waals surface area contributed by atoms with Gasteiger partial charge in [0.15, 0.2) is 0 Å². The predicted octanol–water partition coefficient (Wildman–Crippen LogP) is 0.136. The number of carbonyl (C=O) groups is 2. The number of hydrogen-bond acceptors (Lipinski definition) is 8. The van der Waals surface area contributed by atoms with Crippen LogP contribution in [0.25, 0.3) is 0 Å². The molecule has 0 bridgehead atoms. The van der Waals surface area contributed by atoms with Gasteiger partial charge in [-0.3, -0.25) is 19.4 Å². The Morgan fingerprint density at radius 3 is 2.52 bits per heavy atom. The first-order valence-corrected chi connectivity index (χ1v) is 15.6. The zero-order chi connectivity index (χ0) is 28.8. The van der Waals surface area contributed by atoms with Crippen molar-refractivity contribution in [2.24, 2.45) is 17.4 Å². The minimum absolute atomic E-state index is 0.110. The maximum Gasteiger partial charge on any atom is 0.241 e. The second kappa shape index (κ2) is 14.5. The highest BCUT2D eigenvalue weighted by atomic mass is 19.1. The SMILES string of the molecule is CCC(F)CNC(C=C1CCCC1)C(C(=O)NC1CNCCC1N1CCN2CCN(C(C)C)C(=O)C2C1)C(N)N. The van der Waals surface area contributed by atoms with Crippen LogP contribution in [0.5, 0.6) is 0 Å². The molecule has 2 amide bonds. The van der Waals surface area contributed by atoms with Crippen LogP contribution in [0.2, 0.25) is 0 Å². The molecule has 0 radical (unpaired) electrons. The molecule has 0 aromatic rings. The molecule has 10 nitrogen and oxygen atoms in total. The van der Waals surface area contributed by atoms with E-state index in [0.717, 1.165) is 64.8 Å². The Balaban J connectivity index is 1.47. The molecular weight excluding hydrogens is 511 g/mol. The average Bonchev–Trinajstić information content (AvgIpc) is 3.44. The molecule has 4 rings (SSSR count). The fraction of sp³-hybridized carbons (Fsp3) is 0.862. The summed E-state index contributed by atoms with van der Waals surface area (Å²) in [6.07, 6.45) is 5.72. The molecule has 6 unspecified atom stereocenters. The highest BCUT2D eigenvalue weighted by Gasteiger charge is 2.43. The lowest BCUT2D eigenvalue weighted by Gasteiger charge is -2.51. The van der Waals surface area contributed by atoms with Crippen molar-refractivity contribution in [2.45, 2.75) is 102 Å². The number of amides is 2. The lowest BCUT2D eigenvalue weighted by Crippen LogP contribution is -2.70. The standard InChI is InChI=1S/C29H53FN8O2/c1-4-21(30)16-34-22(15-20-7-5-6-8-20)26(27(31)32)28(39)35-23-17-33-10-9-24(23)37-12-11-36-13-14-38(19(2)3)29(40)25(36)18-37/h15,19,21-27,33-34H,4-14,16-18,31-32H2,1-3H3,(H,35,39). The van der Waals surface area contributed by atoms with E-state index in [-0.39, 0.29) is 42.5 Å². The third-order valence-corrected chi connectivity index (χ3v) is 9.37. The second-order valence-corrected chi connectivity index (χ2v) is 12.4. The quantitative estimate of drug-likeness (QED) is 0.177. The van der Waals surface area contributed by atoms with E-state index in [4.69, 9.17) is 11.5 Å². The molecule has 3 aliphatic heterocycles. The molecule has 4 fully saturated rings. The average molecular weight is 565 g/mol. The van der Waals surface area contributed by atoms with Gasteiger partial charge in [-0.1, -0.05) is 18.6 Å². The van der Waals surface area contributed by atoms with Gasteiger partial charge in [0.25, 0.3) is 0 Å². The molecule has 1 saturated carbocycles. The van der Waals surface area contributed by atoms with Gasteiger partial charge in [0.05, 0.1) is 18.1 Å². The zero-order valence-electron chi connectivity index (χ0n) is 24.8. The zero-order valence-corrected chi connectivity index (χ0v) is 24.8. The van der Waals surface area contributed by atoms with Crippen molar-refractivity contribution in [1.82, 2.24) is 30.7 Å². The number of rotatable bonds is 11. The molecule has 40 heavy (non-hydrogen) atoms. The highest BCUT2D eigenvalue weighted by molar-refractivity contribution is 5.83. The molecule has 0 spiro atoms. The normalized spacial score (nSPS) is 29.0. The summed E-state index contributed by atoms with van der Waals surface area (Å²) < 4.78 is 14.2. The fourth-order valence-corrected chi connectivity index (χ4v) is 6.93. The number of alkyl halides is 1. The van der Waals surface area contributed by atoms with E-state index in [1.165, 1.54) is 5.57 Å². The lowest BCUT2D eigenvalue weighted by atomic mass is 9.91. The van der Waals surface area contributed by atoms with Crippen LogP contribution in [-0.4, -0.2) is 121 Å². The maximum absolute atomic E-state index is 14.2. The van der Waals surface area contributed by atoms with Gasteiger partial charge in [0, 0.05) is 63.9 Å². The van der Waals surface area contributed by atoms with Crippen LogP contribution in [0.15, 0.2) is 11.6 Å². The minimum Gasteiger partial charge on any atom is -0.350 e. The molecule has 228 valence electrons. The smallest absolute Gasteiger partial charge is 0.241 e. The largest absolute Gasteiger partial charge is 0.350 e. The van der Waals surface area contributed by atoms with Crippen molar-refractivity contribution in [3.63, 3.8) is 0 Å². The first-order valence-electron chi connectivity index (χ1n) is 15.6. The van der Waals surface area contributed by atoms with E-state index in [1.54, 1.807) is 0 Å². The first-order chi connectivity index (χ1) is 19.2. The summed E-state index contributed by atoms with van der Waals surface area (Å²) in [5, 5.41) is 10.00. The van der Waals surface area contributed by atoms with Crippen LogP contribution in [-0.2, 0) is 9.59 Å². The Morgan fingerprint density at radius 1 is 1.15 bits per heavy atom. The molecule has 3 heterocycles. The molecular formula is C29H53FN8O2. The van der Waals surface area contributed by atoms with Crippen molar-refractivity contribution in [1.29, 1.82) is 0 Å². The van der Waals surface area contributed by atoms with Gasteiger partial charge in [-0.15, -0.1) is 0 Å². The van der Waals surface area contributed by atoms with Crippen molar-refractivity contribution in [3.05, 3.63) is 11.6 Å². The van der Waals surface area contributed by atoms with Crippen LogP contribution in [0.1, 0.15) is 59.3 Å². The Hall–Kier alpha value is -1.63. The predicted molar refractivity (Wildman–Crippen MR) is 156 cm³/mol. The summed E-state index contributed by atoms with van der Waals surface area (Å²) in [5.41, 5.74) is 13.8. The lowest BCUT2D eigenvalue weighted by molar-refractivity contribution is -0.148. The van der Waals surface area contributed by atoms with Crippen molar-refractivity contribution in [2.75, 3.05) is 52.4 Å². The summed E-state index contributed by atoms with van der Waals surface area (Å²) in [5.74, 6) is -0.718. The molecule has 11 heteroatoms. The number of piperazine rings is 2. The summed E-state index contributed by atoms with van der Waals surface area (Å²) in [6.45, 7) is 11.7. The number of halogens is 1. The van der Waals surface area contributed by atoms with E-state index in [0.29, 0.717) is 19.5 Å². The summed E-state index contributed by atoms with van der Waals surface area (Å²) >= 11 is 0. The molecule has 6 atom stereocenters. The third kappa shape index (κ3) is 7.60. The topological polar surface area (TPSA) is 132 Å². The molecule has 7 N–H and O–H groups in total. The maximum atomic E-state index is 14.2. The number of nitrogens with two attached hydrogens (primary N) is 2. The Labute approximate surface area is 239 Å². The highest BCUT2D eigenvalue weighted by Crippen LogP contribution is 2.26. The number of fused-ring (bicyclic) bond motifs is 1. The minimum atomic E-state index is -0.998. The van der Waals surface area contributed by atoms with Gasteiger partial charge in [-0.25, -0.2) is 4.39 Å². The number of allylic oxidation sites excluding steroid dienone is 1. The Bertz CT molecular complexity index is 878. The van der Waals surface area contributed by atoms with E-state index < -0.39 is 24.3 Å². The molecule has 1 aliphatic carbocycles. The summed E-state index contributed by atoms with van der Waals surface area (Å²) in [7, 11) is 0. The fourth-order valence-electron chi connectivity index (χ4n) is 6.93. The van der Waals surface area contributed by atoms with Crippen molar-refractivity contribution < 1.29 is 14.0 Å². The van der Waals surface area contributed by atoms with Crippen LogP contribution < -0.4 is 27.4 Å². The first kappa shape index (κ1) is 31.3. The van der Waals surface area contributed by atoms with Crippen molar-refractivity contribution in [3.8, 4) is 0 Å². The van der Waals surface area contributed by atoms with E-state index >= 15 is 0 Å². The van der Waals surface area contributed by atoms with Crippen LogP contribution in [0.3, 0.4) is 0 Å². The van der Waals surface area contributed by atoms with Crippen LogP contribution >= 0.6 is 0 Å². The number of nitrogens with one attached hydrogen (secondary N) is 3. The summed E-state index contributed by atoms with van der Waals surface area (Å²) in [6, 6.07) is -0.407. The van der Waals surface area contributed by atoms with Gasteiger partial charge in [-0.2, -0.15) is 0 Å².